The van der Waals surface area contributed by atoms with Gasteiger partial charge in [0, 0.05) is 12.1 Å². The molecule has 0 bridgehead atoms. The van der Waals surface area contributed by atoms with Gasteiger partial charge in [-0.1, -0.05) is 6.92 Å². The molecule has 1 aliphatic rings. The lowest BCUT2D eigenvalue weighted by Crippen LogP contribution is -2.31. The van der Waals surface area contributed by atoms with E-state index in [4.69, 9.17) is 0 Å². The summed E-state index contributed by atoms with van der Waals surface area (Å²) in [5, 5.41) is 3.22. The molecule has 1 aromatic rings. The highest BCUT2D eigenvalue weighted by molar-refractivity contribution is 5.26. The van der Waals surface area contributed by atoms with Crippen LogP contribution in [0, 0.1) is 5.92 Å². The number of halogens is 3. The average Bonchev–Trinajstić information content (AvgIpc) is 2.38. The number of alkyl halides is 3. The standard InChI is InChI=1S/C13H17F3N2/c1-9(10-4-7-17-8-5-10)12-11(13(14,15)16)3-2-6-18-12/h2-3,6,9-10,17H,4-5,7-8H2,1H3. The van der Waals surface area contributed by atoms with Gasteiger partial charge in [-0.25, -0.2) is 0 Å². The molecule has 2 nitrogen and oxygen atoms in total. The number of piperidine rings is 1. The third kappa shape index (κ3) is 2.83. The maximum atomic E-state index is 12.9. The average molecular weight is 258 g/mol. The quantitative estimate of drug-likeness (QED) is 0.881. The molecule has 2 heterocycles. The normalized spacial score (nSPS) is 19.8. The van der Waals surface area contributed by atoms with E-state index >= 15 is 0 Å². The molecule has 1 aliphatic heterocycles. The zero-order valence-electron chi connectivity index (χ0n) is 10.3. The van der Waals surface area contributed by atoms with Gasteiger partial charge in [0.25, 0.3) is 0 Å². The van der Waals surface area contributed by atoms with Crippen LogP contribution in [-0.4, -0.2) is 18.1 Å². The Kier molecular flexibility index (Phi) is 3.90. The van der Waals surface area contributed by atoms with E-state index in [9.17, 15) is 13.2 Å². The van der Waals surface area contributed by atoms with Crippen molar-refractivity contribution < 1.29 is 13.2 Å². The van der Waals surface area contributed by atoms with Crippen molar-refractivity contribution in [3.05, 3.63) is 29.6 Å². The van der Waals surface area contributed by atoms with Gasteiger partial charge >= 0.3 is 6.18 Å². The largest absolute Gasteiger partial charge is 0.418 e. The Labute approximate surface area is 105 Å². The highest BCUT2D eigenvalue weighted by Gasteiger charge is 2.36. The fourth-order valence-electron chi connectivity index (χ4n) is 2.59. The molecule has 0 radical (unpaired) electrons. The van der Waals surface area contributed by atoms with E-state index in [0.29, 0.717) is 0 Å². The lowest BCUT2D eigenvalue weighted by molar-refractivity contribution is -0.138. The Morgan fingerprint density at radius 2 is 2.00 bits per heavy atom. The molecular formula is C13H17F3N2. The fourth-order valence-corrected chi connectivity index (χ4v) is 2.59. The van der Waals surface area contributed by atoms with Crippen molar-refractivity contribution >= 4 is 0 Å². The van der Waals surface area contributed by atoms with E-state index in [-0.39, 0.29) is 17.5 Å². The minimum Gasteiger partial charge on any atom is -0.317 e. The van der Waals surface area contributed by atoms with E-state index in [0.717, 1.165) is 32.0 Å². The van der Waals surface area contributed by atoms with Crippen molar-refractivity contribution in [2.75, 3.05) is 13.1 Å². The summed E-state index contributed by atoms with van der Waals surface area (Å²) < 4.78 is 38.8. The van der Waals surface area contributed by atoms with Crippen molar-refractivity contribution in [2.24, 2.45) is 5.92 Å². The molecule has 100 valence electrons. The zero-order chi connectivity index (χ0) is 13.2. The Morgan fingerprint density at radius 1 is 1.33 bits per heavy atom. The molecular weight excluding hydrogens is 241 g/mol. The Morgan fingerprint density at radius 3 is 2.61 bits per heavy atom. The van der Waals surface area contributed by atoms with Crippen LogP contribution in [0.25, 0.3) is 0 Å². The third-order valence-electron chi connectivity index (χ3n) is 3.67. The monoisotopic (exact) mass is 258 g/mol. The van der Waals surface area contributed by atoms with Crippen LogP contribution in [-0.2, 0) is 6.18 Å². The van der Waals surface area contributed by atoms with Crippen LogP contribution in [0.4, 0.5) is 13.2 Å². The van der Waals surface area contributed by atoms with Crippen LogP contribution in [0.5, 0.6) is 0 Å². The molecule has 1 unspecified atom stereocenters. The predicted octanol–water partition coefficient (Wildman–Crippen LogP) is 3.20. The number of rotatable bonds is 2. The Hall–Kier alpha value is -1.10. The van der Waals surface area contributed by atoms with Crippen molar-refractivity contribution in [1.29, 1.82) is 0 Å². The molecule has 0 amide bonds. The van der Waals surface area contributed by atoms with Crippen LogP contribution in [0.15, 0.2) is 18.3 Å². The first-order chi connectivity index (χ1) is 8.50. The summed E-state index contributed by atoms with van der Waals surface area (Å²) in [6, 6.07) is 2.47. The van der Waals surface area contributed by atoms with Gasteiger partial charge in [0.15, 0.2) is 0 Å². The highest BCUT2D eigenvalue weighted by atomic mass is 19.4. The first-order valence-electron chi connectivity index (χ1n) is 6.23. The van der Waals surface area contributed by atoms with Gasteiger partial charge in [-0.3, -0.25) is 4.98 Å². The molecule has 1 saturated heterocycles. The molecule has 2 rings (SSSR count). The molecule has 1 aromatic heterocycles. The second-order valence-corrected chi connectivity index (χ2v) is 4.81. The molecule has 0 spiro atoms. The van der Waals surface area contributed by atoms with Crippen LogP contribution < -0.4 is 5.32 Å². The van der Waals surface area contributed by atoms with Gasteiger partial charge in [-0.05, 0) is 44.0 Å². The predicted molar refractivity (Wildman–Crippen MR) is 63.2 cm³/mol. The molecule has 0 aliphatic carbocycles. The number of aromatic nitrogens is 1. The van der Waals surface area contributed by atoms with Crippen molar-refractivity contribution in [2.45, 2.75) is 31.9 Å². The van der Waals surface area contributed by atoms with E-state index < -0.39 is 11.7 Å². The third-order valence-corrected chi connectivity index (χ3v) is 3.67. The van der Waals surface area contributed by atoms with Crippen molar-refractivity contribution in [1.82, 2.24) is 10.3 Å². The summed E-state index contributed by atoms with van der Waals surface area (Å²) in [7, 11) is 0. The highest BCUT2D eigenvalue weighted by Crippen LogP contribution is 2.38. The number of pyridine rings is 1. The Bertz CT molecular complexity index is 397. The van der Waals surface area contributed by atoms with Gasteiger partial charge < -0.3 is 5.32 Å². The zero-order valence-corrected chi connectivity index (χ0v) is 10.3. The van der Waals surface area contributed by atoms with E-state index in [1.54, 1.807) is 0 Å². The van der Waals surface area contributed by atoms with Crippen LogP contribution >= 0.6 is 0 Å². The van der Waals surface area contributed by atoms with Gasteiger partial charge in [0.05, 0.1) is 11.3 Å². The molecule has 18 heavy (non-hydrogen) atoms. The van der Waals surface area contributed by atoms with Crippen LogP contribution in [0.3, 0.4) is 0 Å². The summed E-state index contributed by atoms with van der Waals surface area (Å²) in [5.41, 5.74) is -0.395. The number of nitrogens with zero attached hydrogens (tertiary/aromatic N) is 1. The number of hydrogen-bond donors (Lipinski definition) is 1. The second kappa shape index (κ2) is 5.26. The van der Waals surface area contributed by atoms with Gasteiger partial charge in [-0.2, -0.15) is 13.2 Å². The van der Waals surface area contributed by atoms with Gasteiger partial charge in [0.2, 0.25) is 0 Å². The minimum atomic E-state index is -4.31. The van der Waals surface area contributed by atoms with Crippen molar-refractivity contribution in [3.63, 3.8) is 0 Å². The molecule has 1 N–H and O–H groups in total. The van der Waals surface area contributed by atoms with E-state index in [1.807, 2.05) is 6.92 Å². The van der Waals surface area contributed by atoms with E-state index in [1.165, 1.54) is 12.3 Å². The maximum Gasteiger partial charge on any atom is 0.418 e. The smallest absolute Gasteiger partial charge is 0.317 e. The number of nitrogens with one attached hydrogen (secondary N) is 1. The summed E-state index contributed by atoms with van der Waals surface area (Å²) in [6.07, 6.45) is -1.04. The minimum absolute atomic E-state index is 0.148. The SMILES string of the molecule is CC(c1ncccc1C(F)(F)F)C1CCNCC1. The summed E-state index contributed by atoms with van der Waals surface area (Å²) >= 11 is 0. The molecule has 0 aromatic carbocycles. The van der Waals surface area contributed by atoms with Crippen LogP contribution in [0.1, 0.15) is 36.9 Å². The maximum absolute atomic E-state index is 12.9. The first kappa shape index (κ1) is 13.3. The topological polar surface area (TPSA) is 24.9 Å². The van der Waals surface area contributed by atoms with Crippen LogP contribution in [0.2, 0.25) is 0 Å². The lowest BCUT2D eigenvalue weighted by atomic mass is 9.82. The summed E-state index contributed by atoms with van der Waals surface area (Å²) in [6.45, 7) is 3.61. The van der Waals surface area contributed by atoms with Gasteiger partial charge in [0.1, 0.15) is 0 Å². The Balaban J connectivity index is 2.26. The fraction of sp³-hybridized carbons (Fsp3) is 0.615. The van der Waals surface area contributed by atoms with Gasteiger partial charge in [-0.15, -0.1) is 0 Å². The number of hydrogen-bond acceptors (Lipinski definition) is 2. The summed E-state index contributed by atoms with van der Waals surface area (Å²) in [4.78, 5) is 3.98. The molecule has 0 saturated carbocycles. The molecule has 5 heteroatoms. The molecule has 1 atom stereocenters. The van der Waals surface area contributed by atoms with Crippen molar-refractivity contribution in [3.8, 4) is 0 Å². The molecule has 1 fully saturated rings. The van der Waals surface area contributed by atoms with E-state index in [2.05, 4.69) is 10.3 Å². The lowest BCUT2D eigenvalue weighted by Gasteiger charge is -2.29. The second-order valence-electron chi connectivity index (χ2n) is 4.81. The summed E-state index contributed by atoms with van der Waals surface area (Å²) in [5.74, 6) is 0.132. The first-order valence-corrected chi connectivity index (χ1v) is 6.23.